The van der Waals surface area contributed by atoms with Crippen molar-refractivity contribution in [2.45, 2.75) is 44.4 Å². The number of aryl methyl sites for hydroxylation is 1. The Labute approximate surface area is 256 Å². The molecule has 5 heteroatoms. The Morgan fingerprint density at radius 2 is 1.45 bits per heavy atom. The van der Waals surface area contributed by atoms with Gasteiger partial charge in [0.25, 0.3) is 0 Å². The molecule has 9 rings (SSSR count). The van der Waals surface area contributed by atoms with Crippen LogP contribution in [0, 0.1) is 6.92 Å². The summed E-state index contributed by atoms with van der Waals surface area (Å²) in [6, 6.07) is 38.3. The number of rotatable bonds is 7. The van der Waals surface area contributed by atoms with E-state index in [2.05, 4.69) is 113 Å². The van der Waals surface area contributed by atoms with Crippen molar-refractivity contribution in [1.29, 1.82) is 0 Å². The van der Waals surface area contributed by atoms with Gasteiger partial charge in [-0.25, -0.2) is 9.67 Å². The first-order valence-corrected chi connectivity index (χ1v) is 15.6. The average molecular weight is 573 g/mol. The molecule has 0 atom stereocenters. The Morgan fingerprint density at radius 1 is 0.682 bits per heavy atom. The maximum atomic E-state index is 6.58. The molecule has 7 aromatic rings. The Hall–Kier alpha value is -5.16. The van der Waals surface area contributed by atoms with Crippen LogP contribution in [0.25, 0.3) is 44.4 Å². The van der Waals surface area contributed by atoms with E-state index in [9.17, 15) is 0 Å². The molecule has 2 fully saturated rings. The Morgan fingerprint density at radius 3 is 2.27 bits per heavy atom. The Kier molecular flexibility index (Phi) is 5.73. The third-order valence-electron chi connectivity index (χ3n) is 9.01. The minimum absolute atomic E-state index is 0.550. The molecule has 0 amide bonds. The molecule has 0 spiro atoms. The van der Waals surface area contributed by atoms with Crippen LogP contribution in [0.15, 0.2) is 115 Å². The van der Waals surface area contributed by atoms with Crippen LogP contribution in [0.2, 0.25) is 0 Å². The van der Waals surface area contributed by atoms with Crippen molar-refractivity contribution in [2.75, 3.05) is 0 Å². The quantitative estimate of drug-likeness (QED) is 0.191. The molecule has 0 N–H and O–H groups in total. The first-order chi connectivity index (χ1) is 21.7. The van der Waals surface area contributed by atoms with Crippen molar-refractivity contribution < 1.29 is 4.74 Å². The molecule has 214 valence electrons. The second-order valence-corrected chi connectivity index (χ2v) is 12.3. The number of pyridine rings is 1. The summed E-state index contributed by atoms with van der Waals surface area (Å²) >= 11 is 0. The number of hydrogen-bond acceptors (Lipinski definition) is 3. The van der Waals surface area contributed by atoms with Gasteiger partial charge >= 0.3 is 0 Å². The molecule has 0 saturated heterocycles. The molecule has 3 aromatic heterocycles. The van der Waals surface area contributed by atoms with Crippen molar-refractivity contribution in [1.82, 2.24) is 19.3 Å². The monoisotopic (exact) mass is 572 g/mol. The van der Waals surface area contributed by atoms with Crippen molar-refractivity contribution in [3.05, 3.63) is 132 Å². The highest BCUT2D eigenvalue weighted by atomic mass is 16.5. The van der Waals surface area contributed by atoms with E-state index in [0.29, 0.717) is 11.8 Å². The summed E-state index contributed by atoms with van der Waals surface area (Å²) in [5.41, 5.74) is 9.67. The Bertz CT molecular complexity index is 2180. The topological polar surface area (TPSA) is 44.9 Å². The second kappa shape index (κ2) is 9.95. The van der Waals surface area contributed by atoms with E-state index in [1.54, 1.807) is 0 Å². The maximum Gasteiger partial charge on any atom is 0.137 e. The van der Waals surface area contributed by atoms with Gasteiger partial charge in [0.1, 0.15) is 17.3 Å². The highest BCUT2D eigenvalue weighted by Gasteiger charge is 2.38. The van der Waals surface area contributed by atoms with E-state index in [1.807, 2.05) is 18.3 Å². The summed E-state index contributed by atoms with van der Waals surface area (Å²) in [6.45, 7) is 2.10. The van der Waals surface area contributed by atoms with Crippen molar-refractivity contribution in [2.24, 2.45) is 0 Å². The Balaban J connectivity index is 1.13. The molecule has 5 nitrogen and oxygen atoms in total. The van der Waals surface area contributed by atoms with Crippen LogP contribution in [0.3, 0.4) is 0 Å². The molecule has 4 aromatic carbocycles. The largest absolute Gasteiger partial charge is 0.457 e. The summed E-state index contributed by atoms with van der Waals surface area (Å²) in [6.07, 6.45) is 6.76. The molecule has 0 unspecified atom stereocenters. The van der Waals surface area contributed by atoms with Gasteiger partial charge in [0.05, 0.1) is 28.1 Å². The maximum absolute atomic E-state index is 6.58. The van der Waals surface area contributed by atoms with Gasteiger partial charge in [0, 0.05) is 46.5 Å². The number of hydrogen-bond donors (Lipinski definition) is 0. The molecule has 0 radical (unpaired) electrons. The molecule has 2 aliphatic carbocycles. The van der Waals surface area contributed by atoms with Crippen LogP contribution in [0.4, 0.5) is 0 Å². The van der Waals surface area contributed by atoms with Crippen LogP contribution in [-0.2, 0) is 0 Å². The smallest absolute Gasteiger partial charge is 0.137 e. The average Bonchev–Trinajstić information content (AvgIpc) is 4.00. The number of aromatic nitrogens is 4. The lowest BCUT2D eigenvalue weighted by Crippen LogP contribution is -2.02. The molecule has 3 heterocycles. The van der Waals surface area contributed by atoms with Gasteiger partial charge in [0.2, 0.25) is 0 Å². The molecule has 2 saturated carbocycles. The summed E-state index contributed by atoms with van der Waals surface area (Å²) in [7, 11) is 0. The summed E-state index contributed by atoms with van der Waals surface area (Å²) in [4.78, 5) is 4.73. The summed E-state index contributed by atoms with van der Waals surface area (Å²) in [5, 5.41) is 7.67. The zero-order valence-corrected chi connectivity index (χ0v) is 24.6. The zero-order valence-electron chi connectivity index (χ0n) is 24.6. The van der Waals surface area contributed by atoms with Crippen molar-refractivity contribution in [3.63, 3.8) is 0 Å². The van der Waals surface area contributed by atoms with Crippen LogP contribution >= 0.6 is 0 Å². The molecule has 44 heavy (non-hydrogen) atoms. The van der Waals surface area contributed by atoms with Gasteiger partial charge in [-0.05, 0) is 86.2 Å². The second-order valence-electron chi connectivity index (χ2n) is 12.3. The number of ether oxygens (including phenoxy) is 1. The predicted octanol–water partition coefficient (Wildman–Crippen LogP) is 9.89. The van der Waals surface area contributed by atoms with Crippen LogP contribution in [-0.4, -0.2) is 19.3 Å². The molecule has 0 bridgehead atoms. The van der Waals surface area contributed by atoms with Gasteiger partial charge in [-0.3, -0.25) is 4.57 Å². The number of para-hydroxylation sites is 1. The van der Waals surface area contributed by atoms with E-state index in [4.69, 9.17) is 14.8 Å². The number of benzene rings is 4. The van der Waals surface area contributed by atoms with Gasteiger partial charge in [-0.2, -0.15) is 5.10 Å². The van der Waals surface area contributed by atoms with Crippen LogP contribution < -0.4 is 4.74 Å². The van der Waals surface area contributed by atoms with Gasteiger partial charge < -0.3 is 4.74 Å². The lowest BCUT2D eigenvalue weighted by molar-refractivity contribution is 0.482. The SMILES string of the molecule is Cc1ccnc(-n2c3ccccc3c3ccc(Oc4cccc(-n5nc(C6CC6)c(-c6ccccc6)c5C5CC5)c4)cc32)c1. The first kappa shape index (κ1) is 25.3. The van der Waals surface area contributed by atoms with Crippen molar-refractivity contribution in [3.8, 4) is 34.1 Å². The molecule has 2 aliphatic rings. The van der Waals surface area contributed by atoms with E-state index in [-0.39, 0.29) is 0 Å². The fraction of sp³-hybridized carbons (Fsp3) is 0.179. The van der Waals surface area contributed by atoms with E-state index in [0.717, 1.165) is 34.0 Å². The number of fused-ring (bicyclic) bond motifs is 3. The normalized spacial score (nSPS) is 14.8. The lowest BCUT2D eigenvalue weighted by atomic mass is 9.98. The number of nitrogens with zero attached hydrogens (tertiary/aromatic N) is 4. The van der Waals surface area contributed by atoms with Crippen LogP contribution in [0.5, 0.6) is 11.5 Å². The minimum atomic E-state index is 0.550. The fourth-order valence-electron chi connectivity index (χ4n) is 6.64. The highest BCUT2D eigenvalue weighted by Crippen LogP contribution is 2.51. The molecule has 0 aliphatic heterocycles. The predicted molar refractivity (Wildman–Crippen MR) is 176 cm³/mol. The third kappa shape index (κ3) is 4.31. The summed E-state index contributed by atoms with van der Waals surface area (Å²) in [5.74, 6) is 3.60. The van der Waals surface area contributed by atoms with Gasteiger partial charge in [-0.15, -0.1) is 0 Å². The fourth-order valence-corrected chi connectivity index (χ4v) is 6.64. The van der Waals surface area contributed by atoms with E-state index < -0.39 is 0 Å². The zero-order chi connectivity index (χ0) is 29.2. The van der Waals surface area contributed by atoms with E-state index >= 15 is 0 Å². The highest BCUT2D eigenvalue weighted by molar-refractivity contribution is 6.09. The standard InChI is InChI=1S/C39H32N4O/c1-25-20-21-40-36(22-25)42-34-13-6-5-12-32(34)33-19-18-31(24-35(33)42)44-30-11-7-10-29(23-30)43-39(28-16-17-28)37(26-8-3-2-4-9-26)38(41-43)27-14-15-27/h2-13,18-24,27-28H,14-17H2,1H3. The molecular formula is C39H32N4O. The van der Waals surface area contributed by atoms with Gasteiger partial charge in [-0.1, -0.05) is 54.6 Å². The summed E-state index contributed by atoms with van der Waals surface area (Å²) < 4.78 is 11.0. The van der Waals surface area contributed by atoms with E-state index in [1.165, 1.54) is 64.5 Å². The van der Waals surface area contributed by atoms with Gasteiger partial charge in [0.15, 0.2) is 0 Å². The van der Waals surface area contributed by atoms with Crippen molar-refractivity contribution >= 4 is 21.8 Å². The first-order valence-electron chi connectivity index (χ1n) is 15.6. The lowest BCUT2D eigenvalue weighted by Gasteiger charge is -2.12. The molecular weight excluding hydrogens is 540 g/mol. The minimum Gasteiger partial charge on any atom is -0.457 e. The third-order valence-corrected chi connectivity index (χ3v) is 9.01. The van der Waals surface area contributed by atoms with Crippen LogP contribution in [0.1, 0.15) is 54.5 Å².